The second kappa shape index (κ2) is 13.2. The molecule has 4 aromatic rings. The molecular weight excluding hydrogens is 532 g/mol. The average Bonchev–Trinajstić information content (AvgIpc) is 3.46. The van der Waals surface area contributed by atoms with Gasteiger partial charge in [0.15, 0.2) is 0 Å². The van der Waals surface area contributed by atoms with Crippen LogP contribution in [0.4, 0.5) is 11.4 Å². The van der Waals surface area contributed by atoms with Crippen LogP contribution in [0, 0.1) is 0 Å². The van der Waals surface area contributed by atoms with Crippen molar-refractivity contribution in [2.24, 2.45) is 5.73 Å². The molecule has 0 aliphatic carbocycles. The Bertz CT molecular complexity index is 1480. The first kappa shape index (κ1) is 27.4. The van der Waals surface area contributed by atoms with Crippen molar-refractivity contribution in [3.8, 4) is 0 Å². The van der Waals surface area contributed by atoms with Gasteiger partial charge in [-0.3, -0.25) is 19.2 Å². The normalized spacial score (nSPS) is 10.9. The largest absolute Gasteiger partial charge is 0.366 e. The van der Waals surface area contributed by atoms with Crippen LogP contribution in [0.2, 0.25) is 0 Å². The highest BCUT2D eigenvalue weighted by atomic mass is 32.2. The lowest BCUT2D eigenvalue weighted by Gasteiger charge is -2.11. The fourth-order valence-electron chi connectivity index (χ4n) is 3.36. The number of nitrogens with two attached hydrogens (primary N) is 1. The van der Waals surface area contributed by atoms with Crippen molar-refractivity contribution in [2.45, 2.75) is 4.90 Å². The predicted octanol–water partition coefficient (Wildman–Crippen LogP) is 4.99. The molecule has 39 heavy (non-hydrogen) atoms. The predicted molar refractivity (Wildman–Crippen MR) is 156 cm³/mol. The van der Waals surface area contributed by atoms with Crippen molar-refractivity contribution in [3.63, 3.8) is 0 Å². The zero-order chi connectivity index (χ0) is 27.6. The highest BCUT2D eigenvalue weighted by Crippen LogP contribution is 2.21. The minimum Gasteiger partial charge on any atom is -0.366 e. The van der Waals surface area contributed by atoms with Gasteiger partial charge in [0.25, 0.3) is 11.8 Å². The molecule has 0 unspecified atom stereocenters. The van der Waals surface area contributed by atoms with E-state index in [9.17, 15) is 19.2 Å². The first-order valence-corrected chi connectivity index (χ1v) is 13.6. The number of carbonyl (C=O) groups excluding carboxylic acids is 4. The number of anilines is 2. The number of hydrogen-bond donors (Lipinski definition) is 4. The van der Waals surface area contributed by atoms with Gasteiger partial charge < -0.3 is 21.7 Å². The smallest absolute Gasteiger partial charge is 0.272 e. The number of thiophene rings is 1. The zero-order valence-corrected chi connectivity index (χ0v) is 22.2. The van der Waals surface area contributed by atoms with Crippen molar-refractivity contribution >= 4 is 64.2 Å². The van der Waals surface area contributed by atoms with Crippen LogP contribution in [-0.2, 0) is 9.59 Å². The van der Waals surface area contributed by atoms with Gasteiger partial charge in [0.1, 0.15) is 5.70 Å². The molecule has 0 aliphatic heterocycles. The van der Waals surface area contributed by atoms with Gasteiger partial charge in [-0.2, -0.15) is 11.3 Å². The second-order valence-corrected chi connectivity index (χ2v) is 10.0. The van der Waals surface area contributed by atoms with Gasteiger partial charge >= 0.3 is 0 Å². The lowest BCUT2D eigenvalue weighted by molar-refractivity contribution is -0.114. The molecular formula is C29H24N4O4S2. The summed E-state index contributed by atoms with van der Waals surface area (Å²) in [5.74, 6) is -1.42. The molecule has 0 radical (unpaired) electrons. The standard InChI is InChI=1S/C29H24N4O4S2/c30-27(35)20-6-8-22(9-7-20)31-26(34)18-39-24-12-10-23(11-13-24)32-29(37)25(16-19-14-15-38-17-19)33-28(36)21-4-2-1-3-5-21/h1-17H,18H2,(H2,30,35)(H,31,34)(H,32,37)(H,33,36)/b25-16-. The molecule has 196 valence electrons. The summed E-state index contributed by atoms with van der Waals surface area (Å²) in [5, 5.41) is 12.0. The van der Waals surface area contributed by atoms with Gasteiger partial charge in [-0.15, -0.1) is 11.8 Å². The average molecular weight is 557 g/mol. The van der Waals surface area contributed by atoms with Gasteiger partial charge in [-0.25, -0.2) is 0 Å². The Kier molecular flexibility index (Phi) is 9.28. The fourth-order valence-corrected chi connectivity index (χ4v) is 4.68. The maximum absolute atomic E-state index is 13.1. The van der Waals surface area contributed by atoms with Gasteiger partial charge in [-0.1, -0.05) is 18.2 Å². The van der Waals surface area contributed by atoms with Crippen LogP contribution in [0.5, 0.6) is 0 Å². The maximum atomic E-state index is 13.1. The minimum atomic E-state index is -0.533. The number of hydrogen-bond acceptors (Lipinski definition) is 6. The van der Waals surface area contributed by atoms with E-state index >= 15 is 0 Å². The lowest BCUT2D eigenvalue weighted by atomic mass is 10.2. The lowest BCUT2D eigenvalue weighted by Crippen LogP contribution is -2.30. The number of rotatable bonds is 10. The Balaban J connectivity index is 1.34. The van der Waals surface area contributed by atoms with Crippen LogP contribution in [0.1, 0.15) is 26.3 Å². The summed E-state index contributed by atoms with van der Waals surface area (Å²) in [7, 11) is 0. The van der Waals surface area contributed by atoms with Crippen molar-refractivity contribution in [1.82, 2.24) is 5.32 Å². The van der Waals surface area contributed by atoms with Crippen LogP contribution < -0.4 is 21.7 Å². The quantitative estimate of drug-likeness (QED) is 0.162. The first-order chi connectivity index (χ1) is 18.9. The van der Waals surface area contributed by atoms with E-state index in [0.29, 0.717) is 22.5 Å². The van der Waals surface area contributed by atoms with Gasteiger partial charge in [-0.05, 0) is 89.1 Å². The van der Waals surface area contributed by atoms with Crippen molar-refractivity contribution in [1.29, 1.82) is 0 Å². The summed E-state index contributed by atoms with van der Waals surface area (Å²) in [6.07, 6.45) is 1.62. The molecule has 10 heteroatoms. The van der Waals surface area contributed by atoms with Gasteiger partial charge in [0.2, 0.25) is 11.8 Å². The second-order valence-electron chi connectivity index (χ2n) is 8.19. The highest BCUT2D eigenvalue weighted by molar-refractivity contribution is 8.00. The van der Waals surface area contributed by atoms with Crippen LogP contribution in [-0.4, -0.2) is 29.4 Å². The Morgan fingerprint density at radius 3 is 2.10 bits per heavy atom. The van der Waals surface area contributed by atoms with E-state index in [2.05, 4.69) is 16.0 Å². The minimum absolute atomic E-state index is 0.112. The Hall–Kier alpha value is -4.67. The molecule has 0 fully saturated rings. The van der Waals surface area contributed by atoms with E-state index in [0.717, 1.165) is 10.5 Å². The Morgan fingerprint density at radius 1 is 0.795 bits per heavy atom. The summed E-state index contributed by atoms with van der Waals surface area (Å²) in [6, 6.07) is 23.9. The molecule has 1 aromatic heterocycles. The third-order valence-corrected chi connectivity index (χ3v) is 7.03. The van der Waals surface area contributed by atoms with Crippen LogP contribution in [0.3, 0.4) is 0 Å². The molecule has 0 saturated carbocycles. The maximum Gasteiger partial charge on any atom is 0.272 e. The fraction of sp³-hybridized carbons (Fsp3) is 0.0345. The third kappa shape index (κ3) is 8.16. The summed E-state index contributed by atoms with van der Waals surface area (Å²) in [6.45, 7) is 0. The summed E-state index contributed by atoms with van der Waals surface area (Å²) in [4.78, 5) is 50.0. The molecule has 5 N–H and O–H groups in total. The van der Waals surface area contributed by atoms with Crippen LogP contribution in [0.15, 0.2) is 106 Å². The number of carbonyl (C=O) groups is 4. The van der Waals surface area contributed by atoms with Gasteiger partial charge in [0.05, 0.1) is 5.75 Å². The first-order valence-electron chi connectivity index (χ1n) is 11.7. The molecule has 1 heterocycles. The van der Waals surface area contributed by atoms with E-state index in [1.165, 1.54) is 23.1 Å². The van der Waals surface area contributed by atoms with Crippen molar-refractivity contribution in [2.75, 3.05) is 16.4 Å². The van der Waals surface area contributed by atoms with Crippen molar-refractivity contribution in [3.05, 3.63) is 118 Å². The zero-order valence-electron chi connectivity index (χ0n) is 20.5. The monoisotopic (exact) mass is 556 g/mol. The molecule has 4 rings (SSSR count). The van der Waals surface area contributed by atoms with E-state index in [4.69, 9.17) is 5.73 Å². The van der Waals surface area contributed by atoms with Crippen LogP contribution >= 0.6 is 23.1 Å². The molecule has 4 amide bonds. The topological polar surface area (TPSA) is 130 Å². The third-order valence-electron chi connectivity index (χ3n) is 5.32. The molecule has 0 spiro atoms. The Morgan fingerprint density at radius 2 is 1.46 bits per heavy atom. The summed E-state index contributed by atoms with van der Waals surface area (Å²) >= 11 is 2.82. The molecule has 0 atom stereocenters. The van der Waals surface area contributed by atoms with Gasteiger partial charge in [0, 0.05) is 27.4 Å². The van der Waals surface area contributed by atoms with E-state index < -0.39 is 11.8 Å². The highest BCUT2D eigenvalue weighted by Gasteiger charge is 2.15. The van der Waals surface area contributed by atoms with E-state index in [1.807, 2.05) is 22.9 Å². The SMILES string of the molecule is NC(=O)c1ccc(NC(=O)CSc2ccc(NC(=O)/C(=C/c3ccsc3)NC(=O)c3ccccc3)cc2)cc1. The number of amides is 4. The van der Waals surface area contributed by atoms with E-state index in [-0.39, 0.29) is 23.3 Å². The summed E-state index contributed by atoms with van der Waals surface area (Å²) < 4.78 is 0. The number of benzene rings is 3. The molecule has 8 nitrogen and oxygen atoms in total. The number of primary amides is 1. The Labute approximate surface area is 233 Å². The van der Waals surface area contributed by atoms with Crippen LogP contribution in [0.25, 0.3) is 6.08 Å². The van der Waals surface area contributed by atoms with Crippen molar-refractivity contribution < 1.29 is 19.2 Å². The number of thioether (sulfide) groups is 1. The number of nitrogens with one attached hydrogen (secondary N) is 3. The molecule has 3 aromatic carbocycles. The molecule has 0 bridgehead atoms. The summed E-state index contributed by atoms with van der Waals surface area (Å²) in [5.41, 5.74) is 8.04. The molecule has 0 saturated heterocycles. The molecule has 0 aliphatic rings. The van der Waals surface area contributed by atoms with E-state index in [1.54, 1.807) is 78.9 Å².